The van der Waals surface area contributed by atoms with Gasteiger partial charge in [0.1, 0.15) is 10.6 Å². The van der Waals surface area contributed by atoms with Crippen molar-refractivity contribution in [2.45, 2.75) is 6.42 Å². The summed E-state index contributed by atoms with van der Waals surface area (Å²) in [4.78, 5) is 26.0. The van der Waals surface area contributed by atoms with Crippen LogP contribution in [0.1, 0.15) is 15.2 Å². The van der Waals surface area contributed by atoms with Gasteiger partial charge in [-0.1, -0.05) is 41.4 Å². The van der Waals surface area contributed by atoms with Gasteiger partial charge in [0.25, 0.3) is 5.91 Å². The number of nitrogens with one attached hydrogen (secondary N) is 3. The third-order valence-electron chi connectivity index (χ3n) is 4.10. The first-order valence-corrected chi connectivity index (χ1v) is 10.1. The molecule has 3 N–H and O–H groups in total. The van der Waals surface area contributed by atoms with Crippen LogP contribution in [0.25, 0.3) is 10.2 Å². The lowest BCUT2D eigenvalue weighted by Gasteiger charge is -2.04. The zero-order chi connectivity index (χ0) is 20.4. The molecule has 2 aromatic heterocycles. The van der Waals surface area contributed by atoms with Gasteiger partial charge in [-0.25, -0.2) is 0 Å². The summed E-state index contributed by atoms with van der Waals surface area (Å²) in [6.07, 6.45) is 0.198. The van der Waals surface area contributed by atoms with Crippen molar-refractivity contribution in [1.82, 2.24) is 10.2 Å². The molecule has 2 amide bonds. The molecule has 0 unspecified atom stereocenters. The van der Waals surface area contributed by atoms with Crippen LogP contribution in [0.15, 0.2) is 54.6 Å². The fourth-order valence-corrected chi connectivity index (χ4v) is 3.96. The molecule has 0 spiro atoms. The minimum absolute atomic E-state index is 0.198. The summed E-state index contributed by atoms with van der Waals surface area (Å²) in [5, 5.41) is 14.4. The number of rotatable bonds is 5. The Morgan fingerprint density at radius 1 is 1.00 bits per heavy atom. The van der Waals surface area contributed by atoms with Crippen LogP contribution >= 0.6 is 34.5 Å². The van der Waals surface area contributed by atoms with E-state index >= 15 is 0 Å². The average Bonchev–Trinajstić information content (AvgIpc) is 3.26. The van der Waals surface area contributed by atoms with Gasteiger partial charge in [0.05, 0.1) is 16.7 Å². The van der Waals surface area contributed by atoms with Crippen molar-refractivity contribution in [1.29, 1.82) is 0 Å². The molecule has 4 aromatic rings. The second kappa shape index (κ2) is 8.24. The maximum atomic E-state index is 12.5. The smallest absolute Gasteiger partial charge is 0.265 e. The number of hydrogen-bond donors (Lipinski definition) is 3. The van der Waals surface area contributed by atoms with Crippen molar-refractivity contribution in [3.05, 3.63) is 75.1 Å². The Balaban J connectivity index is 1.47. The van der Waals surface area contributed by atoms with E-state index < -0.39 is 0 Å². The van der Waals surface area contributed by atoms with Gasteiger partial charge in [0, 0.05) is 15.7 Å². The molecule has 9 heteroatoms. The molecule has 4 rings (SSSR count). The predicted octanol–water partition coefficient (Wildman–Crippen LogP) is 5.36. The van der Waals surface area contributed by atoms with Gasteiger partial charge in [-0.15, -0.1) is 11.3 Å². The molecule has 0 saturated carbocycles. The van der Waals surface area contributed by atoms with Crippen molar-refractivity contribution in [3.8, 4) is 0 Å². The number of halogens is 2. The summed E-state index contributed by atoms with van der Waals surface area (Å²) in [5.41, 5.74) is 1.45. The second-order valence-electron chi connectivity index (χ2n) is 6.24. The Morgan fingerprint density at radius 3 is 2.55 bits per heavy atom. The van der Waals surface area contributed by atoms with Crippen LogP contribution in [0.3, 0.4) is 0 Å². The Hall–Kier alpha value is -2.87. The fourth-order valence-electron chi connectivity index (χ4n) is 2.75. The lowest BCUT2D eigenvalue weighted by atomic mass is 10.1. The number of anilines is 2. The number of nitrogens with zero attached hydrogens (tertiary/aromatic N) is 1. The van der Waals surface area contributed by atoms with Crippen LogP contribution in [0.2, 0.25) is 10.0 Å². The van der Waals surface area contributed by atoms with Gasteiger partial charge in [0.2, 0.25) is 5.91 Å². The third kappa shape index (κ3) is 4.59. The first-order valence-electron chi connectivity index (χ1n) is 8.57. The Bertz CT molecular complexity index is 1200. The van der Waals surface area contributed by atoms with E-state index in [1.54, 1.807) is 54.6 Å². The Labute approximate surface area is 179 Å². The molecule has 0 atom stereocenters. The number of fused-ring (bicyclic) bond motifs is 1. The van der Waals surface area contributed by atoms with Gasteiger partial charge in [-0.05, 0) is 42.0 Å². The van der Waals surface area contributed by atoms with Crippen LogP contribution in [-0.4, -0.2) is 22.0 Å². The SMILES string of the molecule is O=C(Cc1ccc(Cl)cc1)Nc1[nH]nc2sc(C(=O)Nc3cccc(Cl)c3)cc12. The monoisotopic (exact) mass is 444 g/mol. The van der Waals surface area contributed by atoms with Crippen molar-refractivity contribution in [2.24, 2.45) is 0 Å². The second-order valence-corrected chi connectivity index (χ2v) is 8.15. The molecule has 0 aliphatic rings. The highest BCUT2D eigenvalue weighted by molar-refractivity contribution is 7.20. The van der Waals surface area contributed by atoms with Crippen molar-refractivity contribution >= 4 is 68.1 Å². The topological polar surface area (TPSA) is 86.9 Å². The maximum Gasteiger partial charge on any atom is 0.265 e. The summed E-state index contributed by atoms with van der Waals surface area (Å²) in [7, 11) is 0. The van der Waals surface area contributed by atoms with Crippen LogP contribution in [0.5, 0.6) is 0 Å². The fraction of sp³-hybridized carbons (Fsp3) is 0.0500. The van der Waals surface area contributed by atoms with Gasteiger partial charge in [-0.2, -0.15) is 5.10 Å². The summed E-state index contributed by atoms with van der Waals surface area (Å²) in [6.45, 7) is 0. The van der Waals surface area contributed by atoms with Crippen molar-refractivity contribution in [3.63, 3.8) is 0 Å². The molecule has 146 valence electrons. The number of thiophene rings is 1. The third-order valence-corrected chi connectivity index (χ3v) is 5.61. The first-order chi connectivity index (χ1) is 14.0. The number of carbonyl (C=O) groups is 2. The summed E-state index contributed by atoms with van der Waals surface area (Å²) >= 11 is 13.0. The number of benzene rings is 2. The van der Waals surface area contributed by atoms with Gasteiger partial charge in [-0.3, -0.25) is 14.7 Å². The van der Waals surface area contributed by atoms with E-state index in [0.717, 1.165) is 5.56 Å². The standard InChI is InChI=1S/C20H14Cl2N4O2S/c21-12-6-4-11(5-7-12)8-17(27)24-18-15-10-16(29-20(15)26-25-18)19(28)23-14-3-1-2-13(22)9-14/h1-7,9-10H,8H2,(H,23,28)(H2,24,25,26,27). The van der Waals surface area contributed by atoms with E-state index in [9.17, 15) is 9.59 Å². The number of hydrogen-bond acceptors (Lipinski definition) is 4. The summed E-state index contributed by atoms with van der Waals surface area (Å²) in [5.74, 6) is -0.0141. The predicted molar refractivity (Wildman–Crippen MR) is 117 cm³/mol. The Kier molecular flexibility index (Phi) is 5.53. The Morgan fingerprint density at radius 2 is 1.79 bits per heavy atom. The van der Waals surface area contributed by atoms with E-state index in [-0.39, 0.29) is 18.2 Å². The summed E-state index contributed by atoms with van der Waals surface area (Å²) in [6, 6.07) is 15.7. The van der Waals surface area contributed by atoms with Crippen molar-refractivity contribution < 1.29 is 9.59 Å². The molecule has 0 fully saturated rings. The number of aromatic nitrogens is 2. The average molecular weight is 445 g/mol. The molecule has 29 heavy (non-hydrogen) atoms. The van der Waals surface area contributed by atoms with Gasteiger partial charge < -0.3 is 10.6 Å². The molecule has 0 aliphatic heterocycles. The van der Waals surface area contributed by atoms with Crippen LogP contribution < -0.4 is 10.6 Å². The molecule has 2 heterocycles. The van der Waals surface area contributed by atoms with E-state index in [1.807, 2.05) is 0 Å². The minimum Gasteiger partial charge on any atom is -0.321 e. The van der Waals surface area contributed by atoms with Gasteiger partial charge >= 0.3 is 0 Å². The zero-order valence-electron chi connectivity index (χ0n) is 14.8. The molecule has 2 aromatic carbocycles. The molecular weight excluding hydrogens is 431 g/mol. The summed E-state index contributed by atoms with van der Waals surface area (Å²) < 4.78 is 0. The molecule has 0 radical (unpaired) electrons. The molecule has 6 nitrogen and oxygen atoms in total. The van der Waals surface area contributed by atoms with E-state index in [0.29, 0.717) is 36.6 Å². The normalized spacial score (nSPS) is 10.8. The van der Waals surface area contributed by atoms with E-state index in [4.69, 9.17) is 23.2 Å². The highest BCUT2D eigenvalue weighted by Gasteiger charge is 2.17. The number of carbonyl (C=O) groups excluding carboxylic acids is 2. The molecule has 0 saturated heterocycles. The largest absolute Gasteiger partial charge is 0.321 e. The zero-order valence-corrected chi connectivity index (χ0v) is 17.2. The van der Waals surface area contributed by atoms with Crippen LogP contribution in [-0.2, 0) is 11.2 Å². The minimum atomic E-state index is -0.270. The molecular formula is C20H14Cl2N4O2S. The number of H-pyrrole nitrogens is 1. The first kappa shape index (κ1) is 19.4. The highest BCUT2D eigenvalue weighted by Crippen LogP contribution is 2.30. The van der Waals surface area contributed by atoms with Crippen LogP contribution in [0.4, 0.5) is 11.5 Å². The van der Waals surface area contributed by atoms with Crippen LogP contribution in [0, 0.1) is 0 Å². The van der Waals surface area contributed by atoms with Gasteiger partial charge in [0.15, 0.2) is 0 Å². The maximum absolute atomic E-state index is 12.5. The van der Waals surface area contributed by atoms with E-state index in [1.165, 1.54) is 11.3 Å². The lowest BCUT2D eigenvalue weighted by Crippen LogP contribution is -2.14. The number of aromatic amines is 1. The van der Waals surface area contributed by atoms with E-state index in [2.05, 4.69) is 20.8 Å². The lowest BCUT2D eigenvalue weighted by molar-refractivity contribution is -0.115. The molecule has 0 bridgehead atoms. The van der Waals surface area contributed by atoms with Crippen molar-refractivity contribution in [2.75, 3.05) is 10.6 Å². The highest BCUT2D eigenvalue weighted by atomic mass is 35.5. The quantitative estimate of drug-likeness (QED) is 0.386. The number of amides is 2. The molecule has 0 aliphatic carbocycles.